The highest BCUT2D eigenvalue weighted by Crippen LogP contribution is 2.27. The second kappa shape index (κ2) is 36.5. The molecule has 0 saturated carbocycles. The number of carboxylic acid groups (broad SMARTS) is 1. The van der Waals surface area contributed by atoms with Gasteiger partial charge in [-0.25, -0.2) is 0 Å². The Morgan fingerprint density at radius 2 is 1.15 bits per heavy atom. The van der Waals surface area contributed by atoms with E-state index >= 15 is 0 Å². The third-order valence-electron chi connectivity index (χ3n) is 14.2. The van der Waals surface area contributed by atoms with E-state index in [2.05, 4.69) is 68.1 Å². The largest absolute Gasteiger partial charge is 0.481 e. The number of carboxylic acids is 1. The zero-order chi connectivity index (χ0) is 66.9. The normalized spacial score (nSPS) is 26.1. The molecular weight excluding hydrogens is 1270 g/mol. The van der Waals surface area contributed by atoms with Gasteiger partial charge in [-0.15, -0.1) is 0 Å². The molecule has 1 aromatic heterocycles. The quantitative estimate of drug-likeness (QED) is 0.0321. The Labute approximate surface area is 536 Å². The number of aliphatic hydroxyl groups excluding tert-OH is 1. The van der Waals surface area contributed by atoms with Gasteiger partial charge in [0.2, 0.25) is 70.9 Å². The van der Waals surface area contributed by atoms with Crippen molar-refractivity contribution >= 4 is 143 Å². The zero-order valence-corrected chi connectivity index (χ0v) is 52.7. The van der Waals surface area contributed by atoms with Crippen molar-refractivity contribution in [3.8, 4) is 0 Å². The first-order valence-corrected chi connectivity index (χ1v) is 33.6. The van der Waals surface area contributed by atoms with Crippen molar-refractivity contribution in [2.24, 2.45) is 44.4 Å². The smallest absolute Gasteiger partial charge is 0.305 e. The van der Waals surface area contributed by atoms with Crippen molar-refractivity contribution < 1.29 is 72.5 Å². The topological polar surface area (TPSA) is 583 Å². The van der Waals surface area contributed by atoms with Crippen LogP contribution < -0.4 is 87.6 Å². The number of hydrogen-bond acceptors (Lipinski definition) is 21. The van der Waals surface area contributed by atoms with Gasteiger partial charge in [0.1, 0.15) is 66.5 Å². The highest BCUT2D eigenvalue weighted by Gasteiger charge is 2.42. The van der Waals surface area contributed by atoms with Crippen molar-refractivity contribution in [1.82, 2.24) is 63.1 Å². The van der Waals surface area contributed by atoms with Crippen molar-refractivity contribution in [2.75, 3.05) is 55.8 Å². The molecule has 25 N–H and O–H groups in total. The van der Waals surface area contributed by atoms with Crippen LogP contribution in [0.1, 0.15) is 57.4 Å². The summed E-state index contributed by atoms with van der Waals surface area (Å²) in [7, 11) is 3.46. The summed E-state index contributed by atoms with van der Waals surface area (Å²) in [5.41, 5.74) is 34.8. The summed E-state index contributed by atoms with van der Waals surface area (Å²) in [5, 5.41) is 46.2. The van der Waals surface area contributed by atoms with E-state index in [-0.39, 0.29) is 93.8 Å². The van der Waals surface area contributed by atoms with Crippen LogP contribution in [0.5, 0.6) is 0 Å². The molecule has 500 valence electrons. The lowest BCUT2D eigenvalue weighted by Gasteiger charge is -2.30. The lowest BCUT2D eigenvalue weighted by molar-refractivity contribution is -0.146. The maximum Gasteiger partial charge on any atom is 0.305 e. The lowest BCUT2D eigenvalue weighted by Crippen LogP contribution is -2.61. The Morgan fingerprint density at radius 1 is 0.626 bits per heavy atom. The molecule has 5 rings (SSSR count). The van der Waals surface area contributed by atoms with Gasteiger partial charge < -0.3 is 108 Å². The maximum atomic E-state index is 14.7. The molecule has 39 heteroatoms. The summed E-state index contributed by atoms with van der Waals surface area (Å²) in [6, 6.07) is -10.5. The van der Waals surface area contributed by atoms with Crippen molar-refractivity contribution in [3.63, 3.8) is 0 Å². The second-order valence-electron chi connectivity index (χ2n) is 21.0. The van der Waals surface area contributed by atoms with Gasteiger partial charge in [-0.2, -0.15) is 0 Å². The van der Waals surface area contributed by atoms with Crippen LogP contribution in [0.25, 0.3) is 10.9 Å². The summed E-state index contributed by atoms with van der Waals surface area (Å²) in [5.74, 6) is -15.7. The minimum Gasteiger partial charge on any atom is -0.481 e. The van der Waals surface area contributed by atoms with Gasteiger partial charge in [-0.3, -0.25) is 72.3 Å². The maximum absolute atomic E-state index is 14.7. The fraction of sp³-hybridized carbons (Fsp3) is 0.558. The Morgan fingerprint density at radius 3 is 1.76 bits per heavy atom. The number of nitrogens with one attached hydrogen (secondary N) is 11. The number of nitrogens with zero attached hydrogens (tertiary/aromatic N) is 3. The zero-order valence-electron chi connectivity index (χ0n) is 49.4. The number of aromatic amines is 1. The fourth-order valence-electron chi connectivity index (χ4n) is 9.39. The SMILES string of the molecule is C[C@@H]1NC(=O)[C@@H]2CSSC[C@H](NC(=O)CN)C(=O)N[C@@H](CSSCC(C(N)=O)NC(=O)[C@H](CCCN=C(N)N)NC(=O)[C@H](Cc3c[nH]c4ccccc34)NC1=O)C(=O)N[C@@H](CO)C(=O)N[C@@H](CC(=O)O)C(=O)N1CCC[C@H]1C(=O)N[C@@H](CCCN=C(N)N)C(=O)N2. The standard InChI is InChI=1S/C52H78N20O15S4/c1-24-41(78)66-30(15-25-18-61-27-8-3-2-7-26(25)27)44(81)64-28(9-4-12-59-51(55)56)42(79)69-33(40(54)77)20-88-90-23-36-48(85)68-32(19-73)45(82)67-31(16-39(75)76)50(87)72-14-6-11-37(72)49(86)65-29(10-5-13-60-52(57)58)43(80)70-35(46(83)62-24)22-91-89-21-34(47(84)71-36)63-38(74)17-53/h2-3,7-8,18,24,28-37,61,73H,4-6,9-17,19-23,53H2,1H3,(H2,54,77)(H,62,83)(H,63,74)(H,64,81)(H,65,86)(H,66,78)(H,67,82)(H,68,85)(H,69,79)(H,70,80)(H,71,84)(H,75,76)(H4,55,56,59)(H4,57,58,60)/t24-,28-,29-,30-,31-,32-,33?,34-,35-,36-,37-/m0/s1. The molecule has 1 unspecified atom stereocenters. The van der Waals surface area contributed by atoms with E-state index in [0.717, 1.165) is 48.1 Å². The number of fused-ring (bicyclic) bond motifs is 10. The highest BCUT2D eigenvalue weighted by atomic mass is 33.1. The molecule has 91 heavy (non-hydrogen) atoms. The fourth-order valence-corrected chi connectivity index (χ4v) is 14.1. The van der Waals surface area contributed by atoms with Crippen LogP contribution in [0.3, 0.4) is 0 Å². The number of aliphatic imine (C=N–C) groups is 2. The van der Waals surface area contributed by atoms with Crippen LogP contribution in [0, 0.1) is 0 Å². The van der Waals surface area contributed by atoms with E-state index in [0.29, 0.717) is 16.5 Å². The van der Waals surface area contributed by atoms with Crippen LogP contribution in [0.15, 0.2) is 40.4 Å². The third kappa shape index (κ3) is 23.2. The van der Waals surface area contributed by atoms with E-state index < -0.39 is 169 Å². The summed E-state index contributed by atoms with van der Waals surface area (Å²) in [6.45, 7) is -0.723. The third-order valence-corrected chi connectivity index (χ3v) is 19.0. The van der Waals surface area contributed by atoms with Crippen LogP contribution in [0.2, 0.25) is 0 Å². The Kier molecular flexibility index (Phi) is 29.5. The molecule has 2 bridgehead atoms. The van der Waals surface area contributed by atoms with Crippen molar-refractivity contribution in [3.05, 3.63) is 36.0 Å². The summed E-state index contributed by atoms with van der Waals surface area (Å²) >= 11 is 0. The number of amides is 12. The first-order valence-electron chi connectivity index (χ1n) is 28.6. The lowest BCUT2D eigenvalue weighted by atomic mass is 10.0. The number of guanidine groups is 2. The van der Waals surface area contributed by atoms with Crippen LogP contribution in [0.4, 0.5) is 0 Å². The predicted molar refractivity (Wildman–Crippen MR) is 339 cm³/mol. The molecule has 12 amide bonds. The number of aliphatic carboxylic acids is 1. The number of H-pyrrole nitrogens is 1. The molecule has 35 nitrogen and oxygen atoms in total. The molecule has 11 atom stereocenters. The van der Waals surface area contributed by atoms with Crippen LogP contribution in [-0.4, -0.2) is 231 Å². The Balaban J connectivity index is 1.66. The minimum absolute atomic E-state index is 0.0125. The molecule has 4 heterocycles. The average molecular weight is 1350 g/mol. The number of rotatable bonds is 16. The molecule has 3 saturated heterocycles. The molecule has 0 aliphatic carbocycles. The number of hydrogen-bond donors (Lipinski definition) is 19. The van der Waals surface area contributed by atoms with Crippen molar-refractivity contribution in [1.29, 1.82) is 0 Å². The number of carbonyl (C=O) groups excluding carboxylic acids is 12. The van der Waals surface area contributed by atoms with Gasteiger partial charge in [0.05, 0.1) is 19.6 Å². The van der Waals surface area contributed by atoms with Gasteiger partial charge in [-0.1, -0.05) is 61.4 Å². The van der Waals surface area contributed by atoms with Crippen molar-refractivity contribution in [2.45, 2.75) is 125 Å². The monoisotopic (exact) mass is 1350 g/mol. The molecule has 1 aromatic carbocycles. The van der Waals surface area contributed by atoms with Crippen LogP contribution in [-0.2, 0) is 68.7 Å². The van der Waals surface area contributed by atoms with E-state index in [1.165, 1.54) is 6.92 Å². The molecule has 3 aliphatic rings. The summed E-state index contributed by atoms with van der Waals surface area (Å²) in [4.78, 5) is 194. The van der Waals surface area contributed by atoms with Gasteiger partial charge in [0.25, 0.3) is 0 Å². The number of carbonyl (C=O) groups is 13. The second-order valence-corrected chi connectivity index (χ2v) is 26.1. The number of benzene rings is 1. The molecule has 2 aromatic rings. The molecule has 0 spiro atoms. The average Bonchev–Trinajstić information content (AvgIpc) is 1.86. The van der Waals surface area contributed by atoms with Gasteiger partial charge in [0.15, 0.2) is 11.9 Å². The summed E-state index contributed by atoms with van der Waals surface area (Å²) in [6.07, 6.45) is 0.298. The molecule has 3 aliphatic heterocycles. The first kappa shape index (κ1) is 73.5. The number of primary amides is 1. The highest BCUT2D eigenvalue weighted by molar-refractivity contribution is 8.77. The van der Waals surface area contributed by atoms with Crippen LogP contribution >= 0.6 is 43.2 Å². The Bertz CT molecular complexity index is 3040. The van der Waals surface area contributed by atoms with Gasteiger partial charge >= 0.3 is 5.97 Å². The number of nitrogens with two attached hydrogens (primary N) is 6. The summed E-state index contributed by atoms with van der Waals surface area (Å²) < 4.78 is 0. The van der Waals surface area contributed by atoms with Gasteiger partial charge in [0, 0.05) is 66.2 Å². The number of aliphatic hydroxyl groups is 1. The number of para-hydroxylation sites is 1. The minimum atomic E-state index is -1.94. The Hall–Kier alpha value is -8.27. The number of aromatic nitrogens is 1. The van der Waals surface area contributed by atoms with E-state index in [1.807, 2.05) is 0 Å². The van der Waals surface area contributed by atoms with E-state index in [1.54, 1.807) is 30.5 Å². The molecular formula is C52H78N20O15S4. The van der Waals surface area contributed by atoms with E-state index in [4.69, 9.17) is 34.4 Å². The predicted octanol–water partition coefficient (Wildman–Crippen LogP) is -7.62. The first-order chi connectivity index (χ1) is 43.3. The molecule has 0 radical (unpaired) electrons. The molecule has 3 fully saturated rings. The van der Waals surface area contributed by atoms with E-state index in [9.17, 15) is 72.5 Å². The van der Waals surface area contributed by atoms with Gasteiger partial charge in [-0.05, 0) is 57.1 Å².